The Morgan fingerprint density at radius 1 is 1.33 bits per heavy atom. The van der Waals surface area contributed by atoms with Crippen LogP contribution in [0.3, 0.4) is 0 Å². The highest BCUT2D eigenvalue weighted by atomic mass is 79.9. The van der Waals surface area contributed by atoms with E-state index < -0.39 is 0 Å². The van der Waals surface area contributed by atoms with Gasteiger partial charge in [0.25, 0.3) is 5.91 Å². The van der Waals surface area contributed by atoms with Crippen molar-refractivity contribution in [3.05, 3.63) is 56.0 Å². The number of carbonyl (C=O) groups excluding carboxylic acids is 1. The Balaban J connectivity index is 1.93. The van der Waals surface area contributed by atoms with Gasteiger partial charge >= 0.3 is 0 Å². The fourth-order valence-corrected chi connectivity index (χ4v) is 3.17. The van der Waals surface area contributed by atoms with Crippen LogP contribution < -0.4 is 10.2 Å². The number of carbonyl (C=O) groups is 1. The van der Waals surface area contributed by atoms with Gasteiger partial charge in [-0.3, -0.25) is 4.79 Å². The van der Waals surface area contributed by atoms with Crippen LogP contribution >= 0.6 is 31.9 Å². The van der Waals surface area contributed by atoms with Gasteiger partial charge in [-0.05, 0) is 59.1 Å². The van der Waals surface area contributed by atoms with Gasteiger partial charge in [-0.15, -0.1) is 0 Å². The lowest BCUT2D eigenvalue weighted by Gasteiger charge is -2.09. The molecular weight excluding hydrogens is 440 g/mol. The quantitative estimate of drug-likeness (QED) is 0.527. The summed E-state index contributed by atoms with van der Waals surface area (Å²) in [5, 5.41) is 13.7. The number of amides is 1. The van der Waals surface area contributed by atoms with Crippen molar-refractivity contribution in [1.29, 1.82) is 0 Å². The molecule has 2 aromatic rings. The van der Waals surface area contributed by atoms with Gasteiger partial charge in [0.05, 0.1) is 10.7 Å². The number of ether oxygens (including phenoxy) is 1. The van der Waals surface area contributed by atoms with Crippen LogP contribution in [0.4, 0.5) is 0 Å². The van der Waals surface area contributed by atoms with Gasteiger partial charge in [-0.2, -0.15) is 5.10 Å². The number of phenolic OH excluding ortho intramolecular Hbond substituents is 1. The zero-order valence-electron chi connectivity index (χ0n) is 13.1. The fourth-order valence-electron chi connectivity index (χ4n) is 1.91. The summed E-state index contributed by atoms with van der Waals surface area (Å²) >= 11 is 6.55. The smallest absolute Gasteiger partial charge is 0.277 e. The third-order valence-electron chi connectivity index (χ3n) is 3.36. The molecule has 1 amide bonds. The first-order valence-electron chi connectivity index (χ1n) is 7.07. The summed E-state index contributed by atoms with van der Waals surface area (Å²) in [5.41, 5.74) is 4.93. The molecule has 0 fully saturated rings. The molecule has 0 saturated heterocycles. The molecule has 0 bridgehead atoms. The Morgan fingerprint density at radius 3 is 2.83 bits per heavy atom. The summed E-state index contributed by atoms with van der Waals surface area (Å²) in [7, 11) is 0. The predicted molar refractivity (Wildman–Crippen MR) is 101 cm³/mol. The van der Waals surface area contributed by atoms with E-state index in [9.17, 15) is 9.90 Å². The average Bonchev–Trinajstić information content (AvgIpc) is 2.53. The number of nitrogens with one attached hydrogen (secondary N) is 1. The predicted octanol–water partition coefficient (Wildman–Crippen LogP) is 4.06. The van der Waals surface area contributed by atoms with Crippen LogP contribution in [-0.4, -0.2) is 23.8 Å². The molecule has 2 aromatic carbocycles. The van der Waals surface area contributed by atoms with Crippen molar-refractivity contribution < 1.29 is 14.6 Å². The first-order valence-corrected chi connectivity index (χ1v) is 8.66. The number of benzene rings is 2. The summed E-state index contributed by atoms with van der Waals surface area (Å²) in [4.78, 5) is 11.8. The van der Waals surface area contributed by atoms with Crippen molar-refractivity contribution in [3.8, 4) is 11.5 Å². The van der Waals surface area contributed by atoms with Crippen LogP contribution in [0.1, 0.15) is 16.7 Å². The van der Waals surface area contributed by atoms with E-state index in [2.05, 4.69) is 42.4 Å². The second kappa shape index (κ2) is 8.30. The molecule has 0 aliphatic heterocycles. The second-order valence-corrected chi connectivity index (χ2v) is 6.88. The number of hydrazone groups is 1. The van der Waals surface area contributed by atoms with Crippen molar-refractivity contribution in [3.63, 3.8) is 0 Å². The molecule has 24 heavy (non-hydrogen) atoms. The molecule has 7 heteroatoms. The van der Waals surface area contributed by atoms with Gasteiger partial charge in [0.15, 0.2) is 6.61 Å². The molecule has 0 aliphatic carbocycles. The third kappa shape index (κ3) is 4.82. The first kappa shape index (κ1) is 18.5. The molecule has 0 aliphatic rings. The molecule has 2 rings (SSSR count). The lowest BCUT2D eigenvalue weighted by Crippen LogP contribution is -2.24. The number of aryl methyl sites for hydroxylation is 1. The second-order valence-electron chi connectivity index (χ2n) is 5.11. The van der Waals surface area contributed by atoms with Gasteiger partial charge in [0.1, 0.15) is 11.5 Å². The van der Waals surface area contributed by atoms with Crippen molar-refractivity contribution in [2.24, 2.45) is 5.10 Å². The molecule has 0 saturated carbocycles. The molecule has 0 unspecified atom stereocenters. The lowest BCUT2D eigenvalue weighted by atomic mass is 10.1. The van der Waals surface area contributed by atoms with E-state index in [4.69, 9.17) is 4.74 Å². The molecule has 0 aromatic heterocycles. The summed E-state index contributed by atoms with van der Waals surface area (Å²) in [6.07, 6.45) is 1.36. The van der Waals surface area contributed by atoms with Crippen LogP contribution in [0.15, 0.2) is 44.4 Å². The van der Waals surface area contributed by atoms with E-state index in [1.165, 1.54) is 6.21 Å². The standard InChI is InChI=1S/C17H16Br2N2O3/c1-10-4-3-5-15(11(10)2)24-9-16(22)21-20-8-12-6-13(18)7-14(19)17(12)23/h3-8,23H,9H2,1-2H3,(H,21,22). The third-order valence-corrected chi connectivity index (χ3v) is 4.43. The maximum Gasteiger partial charge on any atom is 0.277 e. The summed E-state index contributed by atoms with van der Waals surface area (Å²) < 4.78 is 6.80. The minimum atomic E-state index is -0.388. The normalized spacial score (nSPS) is 10.8. The number of aromatic hydroxyl groups is 1. The molecule has 0 spiro atoms. The summed E-state index contributed by atoms with van der Waals surface area (Å²) in [6, 6.07) is 9.07. The van der Waals surface area contributed by atoms with Crippen molar-refractivity contribution in [2.75, 3.05) is 6.61 Å². The van der Waals surface area contributed by atoms with E-state index >= 15 is 0 Å². The van der Waals surface area contributed by atoms with Crippen LogP contribution in [-0.2, 0) is 4.79 Å². The molecule has 2 N–H and O–H groups in total. The summed E-state index contributed by atoms with van der Waals surface area (Å²) in [5.74, 6) is 0.325. The highest BCUT2D eigenvalue weighted by molar-refractivity contribution is 9.11. The largest absolute Gasteiger partial charge is 0.506 e. The first-order chi connectivity index (χ1) is 11.4. The maximum atomic E-state index is 11.8. The Kier molecular flexibility index (Phi) is 6.39. The van der Waals surface area contributed by atoms with Gasteiger partial charge in [-0.25, -0.2) is 5.43 Å². The highest BCUT2D eigenvalue weighted by Crippen LogP contribution is 2.30. The van der Waals surface area contributed by atoms with Crippen LogP contribution in [0.5, 0.6) is 11.5 Å². The Hall–Kier alpha value is -1.86. The molecule has 0 heterocycles. The average molecular weight is 456 g/mol. The molecule has 126 valence electrons. The Morgan fingerprint density at radius 2 is 2.08 bits per heavy atom. The number of halogens is 2. The molecule has 0 radical (unpaired) electrons. The number of hydrogen-bond donors (Lipinski definition) is 2. The van der Waals surface area contributed by atoms with E-state index in [0.717, 1.165) is 15.6 Å². The van der Waals surface area contributed by atoms with Gasteiger partial charge in [-0.1, -0.05) is 28.1 Å². The van der Waals surface area contributed by atoms with Crippen molar-refractivity contribution in [2.45, 2.75) is 13.8 Å². The molecular formula is C17H16Br2N2O3. The zero-order valence-corrected chi connectivity index (χ0v) is 16.3. The van der Waals surface area contributed by atoms with E-state index in [-0.39, 0.29) is 18.3 Å². The molecule has 0 atom stereocenters. The summed E-state index contributed by atoms with van der Waals surface area (Å²) in [6.45, 7) is 3.78. The van der Waals surface area contributed by atoms with Crippen LogP contribution in [0, 0.1) is 13.8 Å². The van der Waals surface area contributed by atoms with E-state index in [1.807, 2.05) is 32.0 Å². The van der Waals surface area contributed by atoms with Gasteiger partial charge < -0.3 is 9.84 Å². The topological polar surface area (TPSA) is 70.9 Å². The number of nitrogens with zero attached hydrogens (tertiary/aromatic N) is 1. The molecule has 5 nitrogen and oxygen atoms in total. The van der Waals surface area contributed by atoms with E-state index in [1.54, 1.807) is 12.1 Å². The van der Waals surface area contributed by atoms with Crippen molar-refractivity contribution in [1.82, 2.24) is 5.43 Å². The van der Waals surface area contributed by atoms with Crippen LogP contribution in [0.25, 0.3) is 0 Å². The SMILES string of the molecule is Cc1cccc(OCC(=O)NN=Cc2cc(Br)cc(Br)c2O)c1C. The fraction of sp³-hybridized carbons (Fsp3) is 0.176. The number of hydrogen-bond acceptors (Lipinski definition) is 4. The minimum absolute atomic E-state index is 0.0443. The number of rotatable bonds is 5. The van der Waals surface area contributed by atoms with Crippen LogP contribution in [0.2, 0.25) is 0 Å². The van der Waals surface area contributed by atoms with E-state index in [0.29, 0.717) is 15.8 Å². The Bertz CT molecular complexity index is 792. The van der Waals surface area contributed by atoms with Gasteiger partial charge in [0.2, 0.25) is 0 Å². The van der Waals surface area contributed by atoms with Gasteiger partial charge in [0, 0.05) is 10.0 Å². The number of phenols is 1. The highest BCUT2D eigenvalue weighted by Gasteiger charge is 2.07. The monoisotopic (exact) mass is 454 g/mol. The zero-order chi connectivity index (χ0) is 17.7. The Labute approximate surface area is 157 Å². The lowest BCUT2D eigenvalue weighted by molar-refractivity contribution is -0.123. The van der Waals surface area contributed by atoms with Crippen molar-refractivity contribution >= 4 is 44.0 Å². The minimum Gasteiger partial charge on any atom is -0.506 e. The maximum absolute atomic E-state index is 11.8.